The molecule has 84 valence electrons. The van der Waals surface area contributed by atoms with E-state index in [1.54, 1.807) is 7.11 Å². The number of ether oxygens (including phenoxy) is 1. The van der Waals surface area contributed by atoms with Crippen LogP contribution >= 0.6 is 0 Å². The Bertz CT molecular complexity index is 297. The molecular weight excluding hydrogens is 186 g/mol. The number of benzene rings is 1. The van der Waals surface area contributed by atoms with Gasteiger partial charge in [-0.15, -0.1) is 0 Å². The second kappa shape index (κ2) is 6.46. The van der Waals surface area contributed by atoms with Crippen LogP contribution in [0.15, 0.2) is 18.2 Å². The zero-order chi connectivity index (χ0) is 11.1. The number of rotatable bonds is 6. The summed E-state index contributed by atoms with van der Waals surface area (Å²) in [5.41, 5.74) is 2.62. The normalized spacial score (nSPS) is 10.3. The van der Waals surface area contributed by atoms with E-state index in [2.05, 4.69) is 37.4 Å². The van der Waals surface area contributed by atoms with Crippen molar-refractivity contribution in [2.24, 2.45) is 0 Å². The van der Waals surface area contributed by atoms with Gasteiger partial charge in [-0.25, -0.2) is 0 Å². The highest BCUT2D eigenvalue weighted by atomic mass is 16.5. The minimum absolute atomic E-state index is 0.894. The van der Waals surface area contributed by atoms with Crippen LogP contribution in [0.25, 0.3) is 0 Å². The van der Waals surface area contributed by atoms with E-state index in [0.717, 1.165) is 31.7 Å². The van der Waals surface area contributed by atoms with Gasteiger partial charge in [-0.2, -0.15) is 0 Å². The van der Waals surface area contributed by atoms with E-state index in [0.29, 0.717) is 0 Å². The van der Waals surface area contributed by atoms with Crippen molar-refractivity contribution in [2.45, 2.75) is 33.2 Å². The Labute approximate surface area is 92.6 Å². The molecule has 0 fully saturated rings. The van der Waals surface area contributed by atoms with Crippen molar-refractivity contribution in [2.75, 3.05) is 13.7 Å². The first-order chi connectivity index (χ1) is 7.31. The van der Waals surface area contributed by atoms with Crippen molar-refractivity contribution in [1.29, 1.82) is 0 Å². The van der Waals surface area contributed by atoms with E-state index in [1.807, 2.05) is 0 Å². The minimum atomic E-state index is 0.894. The number of hydrogen-bond acceptors (Lipinski definition) is 2. The molecule has 15 heavy (non-hydrogen) atoms. The van der Waals surface area contributed by atoms with Gasteiger partial charge in [0.2, 0.25) is 0 Å². The van der Waals surface area contributed by atoms with E-state index in [4.69, 9.17) is 4.74 Å². The Kier molecular flexibility index (Phi) is 5.19. The second-order valence-corrected chi connectivity index (χ2v) is 3.68. The molecule has 0 aliphatic carbocycles. The monoisotopic (exact) mass is 207 g/mol. The lowest BCUT2D eigenvalue weighted by Gasteiger charge is -2.10. The Balaban J connectivity index is 2.72. The smallest absolute Gasteiger partial charge is 0.123 e. The SMILES string of the molecule is CCCNCc1cc(CC)ccc1OC. The molecule has 0 saturated heterocycles. The summed E-state index contributed by atoms with van der Waals surface area (Å²) in [5.74, 6) is 0.982. The fraction of sp³-hybridized carbons (Fsp3) is 0.538. The number of nitrogens with one attached hydrogen (secondary N) is 1. The molecule has 0 aliphatic heterocycles. The molecule has 0 amide bonds. The predicted octanol–water partition coefficient (Wildman–Crippen LogP) is 2.76. The Morgan fingerprint density at radius 3 is 2.67 bits per heavy atom. The average molecular weight is 207 g/mol. The molecule has 0 aliphatic rings. The highest BCUT2D eigenvalue weighted by Crippen LogP contribution is 2.19. The maximum atomic E-state index is 5.34. The lowest BCUT2D eigenvalue weighted by molar-refractivity contribution is 0.407. The van der Waals surface area contributed by atoms with Crippen molar-refractivity contribution in [3.63, 3.8) is 0 Å². The molecule has 1 rings (SSSR count). The molecule has 0 aromatic heterocycles. The van der Waals surface area contributed by atoms with E-state index < -0.39 is 0 Å². The molecule has 0 radical (unpaired) electrons. The molecule has 0 spiro atoms. The molecule has 1 aromatic carbocycles. The maximum absolute atomic E-state index is 5.34. The summed E-state index contributed by atoms with van der Waals surface area (Å²) in [7, 11) is 1.73. The first-order valence-electron chi connectivity index (χ1n) is 5.68. The predicted molar refractivity (Wildman–Crippen MR) is 64.4 cm³/mol. The molecular formula is C13H21NO. The van der Waals surface area contributed by atoms with Gasteiger partial charge in [0.05, 0.1) is 7.11 Å². The van der Waals surface area contributed by atoms with E-state index >= 15 is 0 Å². The molecule has 0 heterocycles. The molecule has 0 unspecified atom stereocenters. The maximum Gasteiger partial charge on any atom is 0.123 e. The second-order valence-electron chi connectivity index (χ2n) is 3.68. The average Bonchev–Trinajstić information content (AvgIpc) is 2.29. The van der Waals surface area contributed by atoms with Gasteiger partial charge < -0.3 is 10.1 Å². The zero-order valence-corrected chi connectivity index (χ0v) is 9.97. The summed E-state index contributed by atoms with van der Waals surface area (Å²) in [5, 5.41) is 3.40. The van der Waals surface area contributed by atoms with Crippen molar-refractivity contribution in [1.82, 2.24) is 5.32 Å². The summed E-state index contributed by atoms with van der Waals surface area (Å²) < 4.78 is 5.34. The molecule has 0 bridgehead atoms. The number of hydrogen-bond donors (Lipinski definition) is 1. The van der Waals surface area contributed by atoms with Crippen LogP contribution in [0.3, 0.4) is 0 Å². The summed E-state index contributed by atoms with van der Waals surface area (Å²) >= 11 is 0. The fourth-order valence-electron chi connectivity index (χ4n) is 1.59. The molecule has 1 N–H and O–H groups in total. The third kappa shape index (κ3) is 3.56. The molecule has 1 aromatic rings. The van der Waals surface area contributed by atoms with Crippen LogP contribution in [0, 0.1) is 0 Å². The zero-order valence-electron chi connectivity index (χ0n) is 9.97. The van der Waals surface area contributed by atoms with Crippen LogP contribution < -0.4 is 10.1 Å². The van der Waals surface area contributed by atoms with Gasteiger partial charge in [-0.05, 0) is 31.0 Å². The first kappa shape index (κ1) is 12.1. The highest BCUT2D eigenvalue weighted by Gasteiger charge is 2.02. The van der Waals surface area contributed by atoms with Crippen molar-refractivity contribution in [3.05, 3.63) is 29.3 Å². The number of methoxy groups -OCH3 is 1. The van der Waals surface area contributed by atoms with Gasteiger partial charge in [0.15, 0.2) is 0 Å². The largest absolute Gasteiger partial charge is 0.496 e. The standard InChI is InChI=1S/C13H21NO/c1-4-8-14-10-12-9-11(5-2)6-7-13(12)15-3/h6-7,9,14H,4-5,8,10H2,1-3H3. The Hall–Kier alpha value is -1.02. The molecule has 0 saturated carbocycles. The van der Waals surface area contributed by atoms with Gasteiger partial charge in [-0.3, -0.25) is 0 Å². The van der Waals surface area contributed by atoms with Gasteiger partial charge in [0.1, 0.15) is 5.75 Å². The van der Waals surface area contributed by atoms with Crippen LogP contribution in [0.4, 0.5) is 0 Å². The van der Waals surface area contributed by atoms with Gasteiger partial charge in [-0.1, -0.05) is 26.0 Å². The van der Waals surface area contributed by atoms with Crippen molar-refractivity contribution in [3.8, 4) is 5.75 Å². The van der Waals surface area contributed by atoms with Crippen LogP contribution in [0.1, 0.15) is 31.4 Å². The summed E-state index contributed by atoms with van der Waals surface area (Å²) in [6.07, 6.45) is 2.24. The Morgan fingerprint density at radius 1 is 1.27 bits per heavy atom. The molecule has 0 atom stereocenters. The summed E-state index contributed by atoms with van der Waals surface area (Å²) in [6, 6.07) is 6.41. The van der Waals surface area contributed by atoms with E-state index in [-0.39, 0.29) is 0 Å². The lowest BCUT2D eigenvalue weighted by Crippen LogP contribution is -2.14. The molecule has 2 heteroatoms. The lowest BCUT2D eigenvalue weighted by atomic mass is 10.1. The molecule has 2 nitrogen and oxygen atoms in total. The van der Waals surface area contributed by atoms with Crippen molar-refractivity contribution < 1.29 is 4.74 Å². The van der Waals surface area contributed by atoms with E-state index in [1.165, 1.54) is 11.1 Å². The fourth-order valence-corrected chi connectivity index (χ4v) is 1.59. The van der Waals surface area contributed by atoms with Crippen LogP contribution in [-0.2, 0) is 13.0 Å². The van der Waals surface area contributed by atoms with Gasteiger partial charge >= 0.3 is 0 Å². The summed E-state index contributed by atoms with van der Waals surface area (Å²) in [4.78, 5) is 0. The first-order valence-corrected chi connectivity index (χ1v) is 5.68. The van der Waals surface area contributed by atoms with E-state index in [9.17, 15) is 0 Å². The summed E-state index contributed by atoms with van der Waals surface area (Å²) in [6.45, 7) is 6.29. The van der Waals surface area contributed by atoms with Crippen LogP contribution in [0.5, 0.6) is 5.75 Å². The quantitative estimate of drug-likeness (QED) is 0.724. The third-order valence-electron chi connectivity index (χ3n) is 2.50. The topological polar surface area (TPSA) is 21.3 Å². The highest BCUT2D eigenvalue weighted by molar-refractivity contribution is 5.37. The third-order valence-corrected chi connectivity index (χ3v) is 2.50. The minimum Gasteiger partial charge on any atom is -0.496 e. The Morgan fingerprint density at radius 2 is 2.07 bits per heavy atom. The van der Waals surface area contributed by atoms with Crippen LogP contribution in [0.2, 0.25) is 0 Å². The number of aryl methyl sites for hydroxylation is 1. The van der Waals surface area contributed by atoms with Gasteiger partial charge in [0, 0.05) is 12.1 Å². The van der Waals surface area contributed by atoms with Crippen LogP contribution in [-0.4, -0.2) is 13.7 Å². The van der Waals surface area contributed by atoms with Crippen molar-refractivity contribution >= 4 is 0 Å². The van der Waals surface area contributed by atoms with Gasteiger partial charge in [0.25, 0.3) is 0 Å².